The summed E-state index contributed by atoms with van der Waals surface area (Å²) in [6.07, 6.45) is -2.74. The van der Waals surface area contributed by atoms with Crippen LogP contribution in [0.15, 0.2) is 24.4 Å². The van der Waals surface area contributed by atoms with Gasteiger partial charge in [-0.05, 0) is 18.2 Å². The van der Waals surface area contributed by atoms with E-state index in [9.17, 15) is 18.0 Å². The fourth-order valence-corrected chi connectivity index (χ4v) is 1.42. The molecular weight excluding hydrogens is 223 g/mol. The number of benzene rings is 1. The third-order valence-electron chi connectivity index (χ3n) is 2.05. The van der Waals surface area contributed by atoms with Gasteiger partial charge in [0, 0.05) is 22.7 Å². The Labute approximate surface area is 87.8 Å². The molecule has 0 radical (unpaired) electrons. The van der Waals surface area contributed by atoms with Gasteiger partial charge < -0.3 is 9.72 Å². The number of carbonyl (C=O) groups excluding carboxylic acids is 1. The van der Waals surface area contributed by atoms with E-state index in [0.29, 0.717) is 22.8 Å². The molecule has 3 nitrogen and oxygen atoms in total. The van der Waals surface area contributed by atoms with Gasteiger partial charge in [0.05, 0.1) is 0 Å². The minimum absolute atomic E-state index is 0.294. The Morgan fingerprint density at radius 2 is 2.06 bits per heavy atom. The van der Waals surface area contributed by atoms with E-state index in [-0.39, 0.29) is 5.75 Å². The van der Waals surface area contributed by atoms with Crippen LogP contribution in [0.3, 0.4) is 0 Å². The summed E-state index contributed by atoms with van der Waals surface area (Å²) < 4.78 is 39.6. The molecular formula is C10H6F3NO2. The van der Waals surface area contributed by atoms with Crippen LogP contribution in [0.4, 0.5) is 13.2 Å². The lowest BCUT2D eigenvalue weighted by atomic mass is 10.2. The quantitative estimate of drug-likeness (QED) is 0.804. The topological polar surface area (TPSA) is 42.1 Å². The average Bonchev–Trinajstić information content (AvgIpc) is 2.57. The number of rotatable bonds is 2. The highest BCUT2D eigenvalue weighted by atomic mass is 19.4. The van der Waals surface area contributed by atoms with E-state index in [4.69, 9.17) is 0 Å². The molecule has 1 N–H and O–H groups in total. The van der Waals surface area contributed by atoms with E-state index >= 15 is 0 Å². The fraction of sp³-hybridized carbons (Fsp3) is 0.100. The van der Waals surface area contributed by atoms with Crippen LogP contribution in [0.1, 0.15) is 10.4 Å². The molecule has 0 atom stereocenters. The van der Waals surface area contributed by atoms with Crippen molar-refractivity contribution in [2.75, 3.05) is 0 Å². The summed E-state index contributed by atoms with van der Waals surface area (Å²) in [6, 6.07) is 3.77. The minimum Gasteiger partial charge on any atom is -0.406 e. The second-order valence-corrected chi connectivity index (χ2v) is 3.12. The van der Waals surface area contributed by atoms with Crippen molar-refractivity contribution >= 4 is 17.2 Å². The Balaban J connectivity index is 2.45. The molecule has 16 heavy (non-hydrogen) atoms. The van der Waals surface area contributed by atoms with Crippen molar-refractivity contribution in [1.29, 1.82) is 0 Å². The number of alkyl halides is 3. The zero-order valence-electron chi connectivity index (χ0n) is 7.84. The molecule has 0 unspecified atom stereocenters. The Hall–Kier alpha value is -1.98. The third-order valence-corrected chi connectivity index (χ3v) is 2.05. The first-order valence-corrected chi connectivity index (χ1v) is 4.31. The maximum Gasteiger partial charge on any atom is 0.573 e. The number of aldehydes is 1. The SMILES string of the molecule is O=Cc1c[nH]c2ccc(OC(F)(F)F)cc12. The first-order chi connectivity index (χ1) is 7.49. The van der Waals surface area contributed by atoms with E-state index in [0.717, 1.165) is 0 Å². The second-order valence-electron chi connectivity index (χ2n) is 3.12. The van der Waals surface area contributed by atoms with Crippen LogP contribution in [-0.4, -0.2) is 17.6 Å². The molecule has 1 aromatic heterocycles. The molecule has 1 heterocycles. The lowest BCUT2D eigenvalue weighted by molar-refractivity contribution is -0.274. The molecule has 0 saturated heterocycles. The van der Waals surface area contributed by atoms with Crippen LogP contribution in [0, 0.1) is 0 Å². The summed E-state index contributed by atoms with van der Waals surface area (Å²) in [5.41, 5.74) is 0.874. The smallest absolute Gasteiger partial charge is 0.406 e. The zero-order chi connectivity index (χ0) is 11.8. The van der Waals surface area contributed by atoms with Gasteiger partial charge in [-0.2, -0.15) is 0 Å². The van der Waals surface area contributed by atoms with Gasteiger partial charge in [0.2, 0.25) is 0 Å². The standard InChI is InChI=1S/C10H6F3NO2/c11-10(12,13)16-7-1-2-9-8(3-7)6(5-15)4-14-9/h1-5,14H. The third kappa shape index (κ3) is 2.00. The van der Waals surface area contributed by atoms with Gasteiger partial charge in [0.15, 0.2) is 6.29 Å². The molecule has 0 aliphatic heterocycles. The number of aromatic nitrogens is 1. The van der Waals surface area contributed by atoms with Gasteiger partial charge in [-0.15, -0.1) is 13.2 Å². The number of fused-ring (bicyclic) bond motifs is 1. The van der Waals surface area contributed by atoms with Crippen LogP contribution in [0.25, 0.3) is 10.9 Å². The van der Waals surface area contributed by atoms with Crippen molar-refractivity contribution in [3.8, 4) is 5.75 Å². The number of hydrogen-bond acceptors (Lipinski definition) is 2. The summed E-state index contributed by atoms with van der Waals surface area (Å²) in [5, 5.41) is 0.400. The maximum absolute atomic E-state index is 12.0. The molecule has 0 aliphatic rings. The molecule has 2 rings (SSSR count). The summed E-state index contributed by atoms with van der Waals surface area (Å²) in [5.74, 6) is -0.345. The fourth-order valence-electron chi connectivity index (χ4n) is 1.42. The minimum atomic E-state index is -4.73. The molecule has 0 saturated carbocycles. The lowest BCUT2D eigenvalue weighted by Crippen LogP contribution is -2.16. The molecule has 2 aromatic rings. The van der Waals surface area contributed by atoms with Crippen LogP contribution >= 0.6 is 0 Å². The predicted molar refractivity (Wildman–Crippen MR) is 50.4 cm³/mol. The summed E-state index contributed by atoms with van der Waals surface area (Å²) in [6.45, 7) is 0. The van der Waals surface area contributed by atoms with Crippen LogP contribution < -0.4 is 4.74 Å². The van der Waals surface area contributed by atoms with Crippen LogP contribution in [0.2, 0.25) is 0 Å². The lowest BCUT2D eigenvalue weighted by Gasteiger charge is -2.08. The van der Waals surface area contributed by atoms with Crippen LogP contribution in [-0.2, 0) is 0 Å². The van der Waals surface area contributed by atoms with Crippen molar-refractivity contribution in [3.05, 3.63) is 30.0 Å². The maximum atomic E-state index is 12.0. The van der Waals surface area contributed by atoms with E-state index < -0.39 is 6.36 Å². The number of nitrogens with one attached hydrogen (secondary N) is 1. The molecule has 84 valence electrons. The predicted octanol–water partition coefficient (Wildman–Crippen LogP) is 2.88. The van der Waals surface area contributed by atoms with E-state index in [2.05, 4.69) is 9.72 Å². The van der Waals surface area contributed by atoms with Gasteiger partial charge >= 0.3 is 6.36 Å². The highest BCUT2D eigenvalue weighted by molar-refractivity contribution is 5.97. The van der Waals surface area contributed by atoms with Crippen molar-refractivity contribution in [1.82, 2.24) is 4.98 Å². The molecule has 6 heteroatoms. The summed E-state index contributed by atoms with van der Waals surface area (Å²) in [7, 11) is 0. The summed E-state index contributed by atoms with van der Waals surface area (Å²) in [4.78, 5) is 13.4. The first kappa shape index (κ1) is 10.5. The second kappa shape index (κ2) is 3.55. The number of ether oxygens (including phenoxy) is 1. The summed E-state index contributed by atoms with van der Waals surface area (Å²) >= 11 is 0. The van der Waals surface area contributed by atoms with Crippen molar-refractivity contribution in [2.45, 2.75) is 6.36 Å². The molecule has 0 fully saturated rings. The number of aromatic amines is 1. The van der Waals surface area contributed by atoms with Gasteiger partial charge in [-0.3, -0.25) is 4.79 Å². The Morgan fingerprint density at radius 3 is 2.69 bits per heavy atom. The number of hydrogen-bond donors (Lipinski definition) is 1. The highest BCUT2D eigenvalue weighted by Gasteiger charge is 2.31. The van der Waals surface area contributed by atoms with Crippen molar-refractivity contribution in [2.24, 2.45) is 0 Å². The van der Waals surface area contributed by atoms with Crippen molar-refractivity contribution in [3.63, 3.8) is 0 Å². The normalized spacial score (nSPS) is 11.7. The average molecular weight is 229 g/mol. The molecule has 0 aliphatic carbocycles. The van der Waals surface area contributed by atoms with Crippen molar-refractivity contribution < 1.29 is 22.7 Å². The highest BCUT2D eigenvalue weighted by Crippen LogP contribution is 2.27. The van der Waals surface area contributed by atoms with E-state index in [1.807, 2.05) is 0 Å². The van der Waals surface area contributed by atoms with Crippen LogP contribution in [0.5, 0.6) is 5.75 Å². The Bertz CT molecular complexity index is 530. The largest absolute Gasteiger partial charge is 0.573 e. The molecule has 0 amide bonds. The number of carbonyl (C=O) groups is 1. The number of halogens is 3. The number of H-pyrrole nitrogens is 1. The van der Waals surface area contributed by atoms with E-state index in [1.165, 1.54) is 24.4 Å². The Kier molecular flexibility index (Phi) is 2.34. The van der Waals surface area contributed by atoms with Gasteiger partial charge in [0.25, 0.3) is 0 Å². The molecule has 1 aromatic carbocycles. The molecule has 0 bridgehead atoms. The zero-order valence-corrected chi connectivity index (χ0v) is 7.84. The Morgan fingerprint density at radius 1 is 1.31 bits per heavy atom. The monoisotopic (exact) mass is 229 g/mol. The molecule has 0 spiro atoms. The van der Waals surface area contributed by atoms with Gasteiger partial charge in [-0.25, -0.2) is 0 Å². The first-order valence-electron chi connectivity index (χ1n) is 4.31. The van der Waals surface area contributed by atoms with E-state index in [1.54, 1.807) is 0 Å². The van der Waals surface area contributed by atoms with Gasteiger partial charge in [-0.1, -0.05) is 0 Å². The van der Waals surface area contributed by atoms with Gasteiger partial charge in [0.1, 0.15) is 5.75 Å².